The average Bonchev–Trinajstić information content (AvgIpc) is 2.55. The van der Waals surface area contributed by atoms with Crippen molar-refractivity contribution in [3.05, 3.63) is 52.3 Å². The molecule has 0 saturated carbocycles. The first kappa shape index (κ1) is 18.3. The van der Waals surface area contributed by atoms with Crippen molar-refractivity contribution in [3.63, 3.8) is 0 Å². The summed E-state index contributed by atoms with van der Waals surface area (Å²) in [4.78, 5) is 18.9. The zero-order valence-electron chi connectivity index (χ0n) is 14.7. The molecule has 5 heteroatoms. The van der Waals surface area contributed by atoms with Crippen LogP contribution in [0.3, 0.4) is 0 Å². The van der Waals surface area contributed by atoms with E-state index in [0.717, 1.165) is 36.2 Å². The van der Waals surface area contributed by atoms with E-state index >= 15 is 0 Å². The zero-order valence-corrected chi connectivity index (χ0v) is 15.4. The van der Waals surface area contributed by atoms with Gasteiger partial charge in [-0.1, -0.05) is 31.0 Å². The second-order valence-electron chi connectivity index (χ2n) is 6.10. The fourth-order valence-corrected chi connectivity index (χ4v) is 2.91. The molecule has 0 spiro atoms. The number of carbonyl (C=O) groups excluding carboxylic acids is 1. The fraction of sp³-hybridized carbons (Fsp3) is 0.368. The van der Waals surface area contributed by atoms with Crippen molar-refractivity contribution in [2.75, 3.05) is 23.8 Å². The highest BCUT2D eigenvalue weighted by molar-refractivity contribution is 6.34. The SMILES string of the molecule is CCCCN(C)c1cncc(C(=O)Nc2c(C)cc(C)cc2Cl)c1. The lowest BCUT2D eigenvalue weighted by Gasteiger charge is -2.19. The number of rotatable bonds is 6. The average molecular weight is 346 g/mol. The number of anilines is 2. The summed E-state index contributed by atoms with van der Waals surface area (Å²) in [6.07, 6.45) is 5.58. The molecule has 128 valence electrons. The minimum absolute atomic E-state index is 0.206. The zero-order chi connectivity index (χ0) is 17.7. The van der Waals surface area contributed by atoms with Gasteiger partial charge >= 0.3 is 0 Å². The lowest BCUT2D eigenvalue weighted by molar-refractivity contribution is 0.102. The molecule has 0 radical (unpaired) electrons. The second-order valence-corrected chi connectivity index (χ2v) is 6.51. The summed E-state index contributed by atoms with van der Waals surface area (Å²) in [5, 5.41) is 3.45. The van der Waals surface area contributed by atoms with Gasteiger partial charge in [0.15, 0.2) is 0 Å². The first-order chi connectivity index (χ1) is 11.4. The number of hydrogen-bond acceptors (Lipinski definition) is 3. The van der Waals surface area contributed by atoms with Crippen LogP contribution < -0.4 is 10.2 Å². The normalized spacial score (nSPS) is 10.5. The van der Waals surface area contributed by atoms with Gasteiger partial charge in [-0.2, -0.15) is 0 Å². The highest BCUT2D eigenvalue weighted by Gasteiger charge is 2.13. The molecule has 4 nitrogen and oxygen atoms in total. The topological polar surface area (TPSA) is 45.2 Å². The first-order valence-corrected chi connectivity index (χ1v) is 8.54. The van der Waals surface area contributed by atoms with Crippen molar-refractivity contribution in [1.29, 1.82) is 0 Å². The van der Waals surface area contributed by atoms with Crippen molar-refractivity contribution >= 4 is 28.9 Å². The number of nitrogens with zero attached hydrogens (tertiary/aromatic N) is 2. The Kier molecular flexibility index (Phi) is 6.21. The Morgan fingerprint density at radius 3 is 2.67 bits per heavy atom. The summed E-state index contributed by atoms with van der Waals surface area (Å²) in [7, 11) is 2.01. The van der Waals surface area contributed by atoms with E-state index in [1.54, 1.807) is 12.4 Å². The van der Waals surface area contributed by atoms with Crippen LogP contribution >= 0.6 is 11.6 Å². The highest BCUT2D eigenvalue weighted by atomic mass is 35.5. The fourth-order valence-electron chi connectivity index (χ4n) is 2.54. The third-order valence-electron chi connectivity index (χ3n) is 3.94. The third kappa shape index (κ3) is 4.48. The molecule has 2 aromatic rings. The van der Waals surface area contributed by atoms with Gasteiger partial charge < -0.3 is 10.2 Å². The van der Waals surface area contributed by atoms with Crippen molar-refractivity contribution < 1.29 is 4.79 Å². The van der Waals surface area contributed by atoms with Crippen molar-refractivity contribution in [2.45, 2.75) is 33.6 Å². The maximum Gasteiger partial charge on any atom is 0.257 e. The molecule has 1 aromatic carbocycles. The van der Waals surface area contributed by atoms with Gasteiger partial charge in [0.2, 0.25) is 0 Å². The minimum atomic E-state index is -0.206. The summed E-state index contributed by atoms with van der Waals surface area (Å²) in [6, 6.07) is 5.70. The quantitative estimate of drug-likeness (QED) is 0.814. The van der Waals surface area contributed by atoms with E-state index in [2.05, 4.69) is 22.1 Å². The lowest BCUT2D eigenvalue weighted by atomic mass is 10.1. The molecule has 0 unspecified atom stereocenters. The largest absolute Gasteiger partial charge is 0.373 e. The highest BCUT2D eigenvalue weighted by Crippen LogP contribution is 2.28. The second kappa shape index (κ2) is 8.15. The lowest BCUT2D eigenvalue weighted by Crippen LogP contribution is -2.20. The standard InChI is InChI=1S/C19H24ClN3O/c1-5-6-7-23(4)16-10-15(11-21-12-16)19(24)22-18-14(3)8-13(2)9-17(18)20/h8-12H,5-7H2,1-4H3,(H,22,24). The maximum absolute atomic E-state index is 12.6. The molecule has 0 fully saturated rings. The van der Waals surface area contributed by atoms with Gasteiger partial charge in [-0.05, 0) is 43.5 Å². The van der Waals surface area contributed by atoms with E-state index in [4.69, 9.17) is 11.6 Å². The van der Waals surface area contributed by atoms with Crippen LogP contribution in [0.15, 0.2) is 30.6 Å². The number of unbranched alkanes of at least 4 members (excludes halogenated alkanes) is 1. The number of aromatic nitrogens is 1. The predicted octanol–water partition coefficient (Wildman–Crippen LogP) is 4.84. The summed E-state index contributed by atoms with van der Waals surface area (Å²) in [5.74, 6) is -0.206. The third-order valence-corrected chi connectivity index (χ3v) is 4.24. The Hall–Kier alpha value is -2.07. The number of hydrogen-bond donors (Lipinski definition) is 1. The Labute approximate surface area is 148 Å². The summed E-state index contributed by atoms with van der Waals surface area (Å²) >= 11 is 6.27. The van der Waals surface area contributed by atoms with Crippen molar-refractivity contribution in [3.8, 4) is 0 Å². The summed E-state index contributed by atoms with van der Waals surface area (Å²) in [6.45, 7) is 7.00. The monoisotopic (exact) mass is 345 g/mol. The molecule has 0 aliphatic carbocycles. The Morgan fingerprint density at radius 1 is 1.25 bits per heavy atom. The molecular weight excluding hydrogens is 322 g/mol. The van der Waals surface area contributed by atoms with Crippen LogP contribution in [-0.4, -0.2) is 24.5 Å². The minimum Gasteiger partial charge on any atom is -0.373 e. The van der Waals surface area contributed by atoms with Crippen molar-refractivity contribution in [1.82, 2.24) is 4.98 Å². The Morgan fingerprint density at radius 2 is 2.00 bits per heavy atom. The molecule has 0 bridgehead atoms. The van der Waals surface area contributed by atoms with Gasteiger partial charge in [0.1, 0.15) is 0 Å². The molecule has 1 aromatic heterocycles. The predicted molar refractivity (Wildman–Crippen MR) is 101 cm³/mol. The van der Waals surface area contributed by atoms with E-state index < -0.39 is 0 Å². The molecule has 0 aliphatic rings. The Bertz CT molecular complexity index is 707. The number of halogens is 1. The number of carbonyl (C=O) groups is 1. The van der Waals surface area contributed by atoms with Gasteiger partial charge in [-0.3, -0.25) is 9.78 Å². The molecule has 0 atom stereocenters. The first-order valence-electron chi connectivity index (χ1n) is 8.16. The van der Waals surface area contributed by atoms with Gasteiger partial charge in [0, 0.05) is 19.8 Å². The van der Waals surface area contributed by atoms with Crippen LogP contribution in [0.4, 0.5) is 11.4 Å². The Balaban J connectivity index is 2.19. The van der Waals surface area contributed by atoms with Crippen LogP contribution in [0, 0.1) is 13.8 Å². The van der Waals surface area contributed by atoms with Gasteiger partial charge in [-0.15, -0.1) is 0 Å². The van der Waals surface area contributed by atoms with E-state index in [1.807, 2.05) is 39.1 Å². The van der Waals surface area contributed by atoms with E-state index in [1.165, 1.54) is 0 Å². The number of nitrogens with one attached hydrogen (secondary N) is 1. The molecular formula is C19H24ClN3O. The van der Waals surface area contributed by atoms with E-state index in [-0.39, 0.29) is 5.91 Å². The summed E-state index contributed by atoms with van der Waals surface area (Å²) in [5.41, 5.74) is 4.11. The van der Waals surface area contributed by atoms with Gasteiger partial charge in [0.25, 0.3) is 5.91 Å². The van der Waals surface area contributed by atoms with Crippen LogP contribution in [0.5, 0.6) is 0 Å². The van der Waals surface area contributed by atoms with Crippen LogP contribution in [0.25, 0.3) is 0 Å². The van der Waals surface area contributed by atoms with Crippen LogP contribution in [0.1, 0.15) is 41.3 Å². The van der Waals surface area contributed by atoms with Crippen LogP contribution in [0.2, 0.25) is 5.02 Å². The molecule has 2 rings (SSSR count). The number of amides is 1. The number of benzene rings is 1. The molecule has 1 heterocycles. The smallest absolute Gasteiger partial charge is 0.257 e. The van der Waals surface area contributed by atoms with Gasteiger partial charge in [0.05, 0.1) is 28.2 Å². The maximum atomic E-state index is 12.6. The number of aryl methyl sites for hydroxylation is 2. The molecule has 24 heavy (non-hydrogen) atoms. The summed E-state index contributed by atoms with van der Waals surface area (Å²) < 4.78 is 0. The molecule has 1 N–H and O–H groups in total. The van der Waals surface area contributed by atoms with E-state index in [0.29, 0.717) is 16.3 Å². The molecule has 0 saturated heterocycles. The van der Waals surface area contributed by atoms with Crippen molar-refractivity contribution in [2.24, 2.45) is 0 Å². The molecule has 1 amide bonds. The van der Waals surface area contributed by atoms with Crippen LogP contribution in [-0.2, 0) is 0 Å². The van der Waals surface area contributed by atoms with E-state index in [9.17, 15) is 4.79 Å². The molecule has 0 aliphatic heterocycles. The van der Waals surface area contributed by atoms with Gasteiger partial charge in [-0.25, -0.2) is 0 Å². The number of pyridine rings is 1.